The van der Waals surface area contributed by atoms with Gasteiger partial charge < -0.3 is 14.8 Å². The smallest absolute Gasteiger partial charge is 0.119 e. The lowest BCUT2D eigenvalue weighted by molar-refractivity contribution is 0.254. The van der Waals surface area contributed by atoms with Crippen molar-refractivity contribution in [3.05, 3.63) is 24.3 Å². The molecule has 1 aliphatic heterocycles. The summed E-state index contributed by atoms with van der Waals surface area (Å²) in [4.78, 5) is 0. The van der Waals surface area contributed by atoms with Crippen LogP contribution < -0.4 is 14.8 Å². The number of hydrogen-bond acceptors (Lipinski definition) is 3. The van der Waals surface area contributed by atoms with Crippen molar-refractivity contribution < 1.29 is 9.47 Å². The van der Waals surface area contributed by atoms with Crippen LogP contribution in [0.25, 0.3) is 0 Å². The number of rotatable bonds is 5. The Morgan fingerprint density at radius 2 is 2.00 bits per heavy atom. The summed E-state index contributed by atoms with van der Waals surface area (Å²) in [5.74, 6) is 2.57. The largest absolute Gasteiger partial charge is 0.497 e. The monoisotopic (exact) mass is 235 g/mol. The minimum atomic E-state index is 0.780. The first-order chi connectivity index (χ1) is 8.38. The van der Waals surface area contributed by atoms with Crippen LogP contribution in [0.3, 0.4) is 0 Å². The van der Waals surface area contributed by atoms with Gasteiger partial charge in [-0.15, -0.1) is 0 Å². The molecule has 1 aromatic rings. The fraction of sp³-hybridized carbons (Fsp3) is 0.571. The second-order valence-corrected chi connectivity index (χ2v) is 4.53. The summed E-state index contributed by atoms with van der Waals surface area (Å²) in [7, 11) is 1.67. The highest BCUT2D eigenvalue weighted by molar-refractivity contribution is 5.31. The van der Waals surface area contributed by atoms with E-state index in [4.69, 9.17) is 9.47 Å². The molecule has 1 N–H and O–H groups in total. The van der Waals surface area contributed by atoms with Crippen LogP contribution in [0, 0.1) is 5.92 Å². The van der Waals surface area contributed by atoms with E-state index in [2.05, 4.69) is 5.32 Å². The minimum absolute atomic E-state index is 0.780. The van der Waals surface area contributed by atoms with Gasteiger partial charge in [-0.1, -0.05) is 0 Å². The highest BCUT2D eigenvalue weighted by atomic mass is 16.5. The summed E-state index contributed by atoms with van der Waals surface area (Å²) in [5, 5.41) is 3.43. The molecule has 1 heterocycles. The van der Waals surface area contributed by atoms with Gasteiger partial charge in [-0.05, 0) is 62.5 Å². The van der Waals surface area contributed by atoms with E-state index in [-0.39, 0.29) is 0 Å². The molecule has 1 atom stereocenters. The quantitative estimate of drug-likeness (QED) is 0.850. The Balaban J connectivity index is 1.69. The minimum Gasteiger partial charge on any atom is -0.497 e. The van der Waals surface area contributed by atoms with Gasteiger partial charge in [0.25, 0.3) is 0 Å². The zero-order valence-corrected chi connectivity index (χ0v) is 10.4. The van der Waals surface area contributed by atoms with Gasteiger partial charge in [0.1, 0.15) is 11.5 Å². The van der Waals surface area contributed by atoms with Crippen molar-refractivity contribution in [3.63, 3.8) is 0 Å². The maximum absolute atomic E-state index is 5.72. The summed E-state index contributed by atoms with van der Waals surface area (Å²) >= 11 is 0. The van der Waals surface area contributed by atoms with Crippen LogP contribution >= 0.6 is 0 Å². The summed E-state index contributed by atoms with van der Waals surface area (Å²) in [6, 6.07) is 7.77. The fourth-order valence-electron chi connectivity index (χ4n) is 2.19. The van der Waals surface area contributed by atoms with E-state index in [0.29, 0.717) is 0 Å². The lowest BCUT2D eigenvalue weighted by Gasteiger charge is -2.22. The number of piperidine rings is 1. The molecule has 3 nitrogen and oxygen atoms in total. The number of hydrogen-bond donors (Lipinski definition) is 1. The molecule has 0 bridgehead atoms. The average Bonchev–Trinajstić information content (AvgIpc) is 2.41. The topological polar surface area (TPSA) is 30.5 Å². The molecule has 1 aromatic carbocycles. The standard InChI is InChI=1S/C14H21NO2/c1-16-13-4-6-14(7-5-13)17-10-8-12-3-2-9-15-11-12/h4-7,12,15H,2-3,8-11H2,1H3. The molecule has 0 aliphatic carbocycles. The third-order valence-corrected chi connectivity index (χ3v) is 3.25. The van der Waals surface area contributed by atoms with Gasteiger partial charge in [-0.3, -0.25) is 0 Å². The number of methoxy groups -OCH3 is 1. The predicted molar refractivity (Wildman–Crippen MR) is 68.7 cm³/mol. The molecule has 1 fully saturated rings. The highest BCUT2D eigenvalue weighted by Crippen LogP contribution is 2.19. The van der Waals surface area contributed by atoms with Gasteiger partial charge in [0.15, 0.2) is 0 Å². The SMILES string of the molecule is COc1ccc(OCCC2CCCNC2)cc1. The van der Waals surface area contributed by atoms with E-state index in [1.807, 2.05) is 24.3 Å². The third kappa shape index (κ3) is 3.93. The van der Waals surface area contributed by atoms with Crippen LogP contribution in [0.5, 0.6) is 11.5 Å². The van der Waals surface area contributed by atoms with Gasteiger partial charge in [0.2, 0.25) is 0 Å². The van der Waals surface area contributed by atoms with Crippen LogP contribution in [-0.4, -0.2) is 26.8 Å². The molecule has 0 radical (unpaired) electrons. The van der Waals surface area contributed by atoms with E-state index in [0.717, 1.165) is 37.0 Å². The van der Waals surface area contributed by atoms with E-state index >= 15 is 0 Å². The van der Waals surface area contributed by atoms with E-state index in [1.165, 1.54) is 19.4 Å². The molecule has 2 rings (SSSR count). The molecular weight excluding hydrogens is 214 g/mol. The molecular formula is C14H21NO2. The van der Waals surface area contributed by atoms with E-state index in [9.17, 15) is 0 Å². The highest BCUT2D eigenvalue weighted by Gasteiger charge is 2.12. The zero-order valence-electron chi connectivity index (χ0n) is 10.4. The Bertz CT molecular complexity index is 317. The Morgan fingerprint density at radius 1 is 1.24 bits per heavy atom. The first kappa shape index (κ1) is 12.2. The maximum Gasteiger partial charge on any atom is 0.119 e. The van der Waals surface area contributed by atoms with E-state index < -0.39 is 0 Å². The van der Waals surface area contributed by atoms with Gasteiger partial charge in [0.05, 0.1) is 13.7 Å². The molecule has 0 aromatic heterocycles. The molecule has 17 heavy (non-hydrogen) atoms. The molecule has 94 valence electrons. The lowest BCUT2D eigenvalue weighted by Crippen LogP contribution is -2.30. The Hall–Kier alpha value is -1.22. The van der Waals surface area contributed by atoms with Crippen molar-refractivity contribution >= 4 is 0 Å². The van der Waals surface area contributed by atoms with Crippen LogP contribution in [0.15, 0.2) is 24.3 Å². The van der Waals surface area contributed by atoms with Crippen molar-refractivity contribution in [1.82, 2.24) is 5.32 Å². The van der Waals surface area contributed by atoms with E-state index in [1.54, 1.807) is 7.11 Å². The van der Waals surface area contributed by atoms with Crippen LogP contribution in [0.1, 0.15) is 19.3 Å². The lowest BCUT2D eigenvalue weighted by atomic mass is 9.97. The van der Waals surface area contributed by atoms with Crippen molar-refractivity contribution in [2.24, 2.45) is 5.92 Å². The van der Waals surface area contributed by atoms with Crippen molar-refractivity contribution in [3.8, 4) is 11.5 Å². The molecule has 0 saturated carbocycles. The van der Waals surface area contributed by atoms with Gasteiger partial charge in [0, 0.05) is 0 Å². The van der Waals surface area contributed by atoms with Gasteiger partial charge in [-0.25, -0.2) is 0 Å². The van der Waals surface area contributed by atoms with Gasteiger partial charge in [-0.2, -0.15) is 0 Å². The number of ether oxygens (including phenoxy) is 2. The fourth-order valence-corrected chi connectivity index (χ4v) is 2.19. The average molecular weight is 235 g/mol. The maximum atomic E-state index is 5.72. The molecule has 0 amide bonds. The zero-order chi connectivity index (χ0) is 11.9. The summed E-state index contributed by atoms with van der Waals surface area (Å²) in [6.45, 7) is 3.13. The van der Waals surface area contributed by atoms with Crippen LogP contribution in [0.4, 0.5) is 0 Å². The first-order valence-corrected chi connectivity index (χ1v) is 6.36. The molecule has 3 heteroatoms. The molecule has 1 saturated heterocycles. The number of benzene rings is 1. The summed E-state index contributed by atoms with van der Waals surface area (Å²) < 4.78 is 10.8. The number of nitrogens with one attached hydrogen (secondary N) is 1. The van der Waals surface area contributed by atoms with Crippen molar-refractivity contribution in [1.29, 1.82) is 0 Å². The second-order valence-electron chi connectivity index (χ2n) is 4.53. The second kappa shape index (κ2) is 6.50. The third-order valence-electron chi connectivity index (χ3n) is 3.25. The molecule has 1 unspecified atom stereocenters. The molecule has 1 aliphatic rings. The van der Waals surface area contributed by atoms with Crippen LogP contribution in [0.2, 0.25) is 0 Å². The van der Waals surface area contributed by atoms with Crippen LogP contribution in [-0.2, 0) is 0 Å². The Kier molecular flexibility index (Phi) is 4.68. The predicted octanol–water partition coefficient (Wildman–Crippen LogP) is 2.46. The summed E-state index contributed by atoms with van der Waals surface area (Å²) in [5.41, 5.74) is 0. The Morgan fingerprint density at radius 3 is 2.65 bits per heavy atom. The normalized spacial score (nSPS) is 19.9. The molecule has 0 spiro atoms. The first-order valence-electron chi connectivity index (χ1n) is 6.36. The summed E-state index contributed by atoms with van der Waals surface area (Å²) in [6.07, 6.45) is 3.77. The van der Waals surface area contributed by atoms with Gasteiger partial charge >= 0.3 is 0 Å². The Labute approximate surface area is 103 Å². The van der Waals surface area contributed by atoms with Crippen molar-refractivity contribution in [2.75, 3.05) is 26.8 Å². The van der Waals surface area contributed by atoms with Crippen molar-refractivity contribution in [2.45, 2.75) is 19.3 Å².